The number of carbonyl (C=O) groups excluding carboxylic acids is 2. The minimum absolute atomic E-state index is 0.00729. The number of hydrogen-bond donors (Lipinski definition) is 1. The number of rotatable bonds is 14. The van der Waals surface area contributed by atoms with Crippen LogP contribution in [-0.2, 0) is 20.4 Å². The lowest BCUT2D eigenvalue weighted by molar-refractivity contribution is -0.138. The van der Waals surface area contributed by atoms with Crippen molar-refractivity contribution in [3.05, 3.63) is 69.6 Å². The second-order valence-corrected chi connectivity index (χ2v) is 17.2. The van der Waals surface area contributed by atoms with Gasteiger partial charge in [-0.1, -0.05) is 58.4 Å². The highest BCUT2D eigenvalue weighted by atomic mass is 35.5. The maximum absolute atomic E-state index is 14.7. The highest BCUT2D eigenvalue weighted by Gasteiger charge is 2.38. The molecule has 0 heterocycles. The first-order chi connectivity index (χ1) is 19.6. The molecule has 0 fully saturated rings. The summed E-state index contributed by atoms with van der Waals surface area (Å²) < 4.78 is 37.4. The first-order valence-electron chi connectivity index (χ1n) is 14.1. The van der Waals surface area contributed by atoms with Gasteiger partial charge in [0.25, 0.3) is 0 Å². The van der Waals surface area contributed by atoms with Crippen LogP contribution in [0.15, 0.2) is 42.1 Å². The van der Waals surface area contributed by atoms with Crippen LogP contribution in [-0.4, -0.2) is 53.5 Å². The van der Waals surface area contributed by atoms with E-state index in [1.807, 2.05) is 13.8 Å². The highest BCUT2D eigenvalue weighted by Crippen LogP contribution is 2.37. The Balaban J connectivity index is 2.53. The van der Waals surface area contributed by atoms with Crippen LogP contribution >= 0.6 is 11.6 Å². The lowest BCUT2D eigenvalue weighted by Crippen LogP contribution is -2.46. The van der Waals surface area contributed by atoms with E-state index in [4.69, 9.17) is 30.2 Å². The van der Waals surface area contributed by atoms with E-state index >= 15 is 0 Å². The quantitative estimate of drug-likeness (QED) is 0.0589. The van der Waals surface area contributed by atoms with Gasteiger partial charge in [0.05, 0.1) is 38.0 Å². The molecule has 0 aliphatic heterocycles. The number of hydrogen-bond acceptors (Lipinski definition) is 7. The van der Waals surface area contributed by atoms with Gasteiger partial charge in [0, 0.05) is 24.7 Å². The SMILES string of the molecule is CCOC(=O)C(=CN[C@H](CO[Si](C)(C)C(C)(C)C)C(C)C)C(=O)c1cc(Cc2cccc(Cl)c2F)c(OC)cc1OC. The molecule has 7 nitrogen and oxygen atoms in total. The molecule has 232 valence electrons. The third-order valence-electron chi connectivity index (χ3n) is 7.68. The lowest BCUT2D eigenvalue weighted by atomic mass is 9.96. The zero-order chi connectivity index (χ0) is 31.8. The third kappa shape index (κ3) is 8.81. The summed E-state index contributed by atoms with van der Waals surface area (Å²) in [5.41, 5.74) is 0.754. The van der Waals surface area contributed by atoms with Crippen LogP contribution in [0.3, 0.4) is 0 Å². The third-order valence-corrected chi connectivity index (χ3v) is 12.5. The molecule has 1 atom stereocenters. The Kier molecular flexibility index (Phi) is 12.6. The molecule has 0 saturated carbocycles. The van der Waals surface area contributed by atoms with Crippen molar-refractivity contribution in [2.75, 3.05) is 27.4 Å². The minimum Gasteiger partial charge on any atom is -0.496 e. The van der Waals surface area contributed by atoms with Crippen molar-refractivity contribution in [3.63, 3.8) is 0 Å². The van der Waals surface area contributed by atoms with Crippen LogP contribution in [0.1, 0.15) is 63.0 Å². The summed E-state index contributed by atoms with van der Waals surface area (Å²) >= 11 is 5.99. The van der Waals surface area contributed by atoms with E-state index in [1.165, 1.54) is 26.5 Å². The van der Waals surface area contributed by atoms with E-state index in [-0.39, 0.29) is 51.9 Å². The second-order valence-electron chi connectivity index (χ2n) is 12.0. The molecule has 42 heavy (non-hydrogen) atoms. The zero-order valence-electron chi connectivity index (χ0n) is 26.4. The minimum atomic E-state index is -2.03. The predicted molar refractivity (Wildman–Crippen MR) is 168 cm³/mol. The largest absolute Gasteiger partial charge is 0.496 e. The van der Waals surface area contributed by atoms with Crippen LogP contribution < -0.4 is 14.8 Å². The van der Waals surface area contributed by atoms with Gasteiger partial charge in [0.2, 0.25) is 5.78 Å². The van der Waals surface area contributed by atoms with Gasteiger partial charge in [-0.15, -0.1) is 0 Å². The Morgan fingerprint density at radius 2 is 1.71 bits per heavy atom. The Morgan fingerprint density at radius 3 is 2.26 bits per heavy atom. The van der Waals surface area contributed by atoms with Crippen molar-refractivity contribution in [1.29, 1.82) is 0 Å². The number of Topliss-reactive ketones (excluding diaryl/α,β-unsaturated/α-hetero) is 1. The fourth-order valence-electron chi connectivity index (χ4n) is 3.88. The maximum atomic E-state index is 14.7. The summed E-state index contributed by atoms with van der Waals surface area (Å²) in [6, 6.07) is 7.65. The first kappa shape index (κ1) is 35.3. The topological polar surface area (TPSA) is 83.1 Å². The van der Waals surface area contributed by atoms with Crippen LogP contribution in [0.25, 0.3) is 0 Å². The van der Waals surface area contributed by atoms with Gasteiger partial charge in [0.1, 0.15) is 22.9 Å². The number of carbonyl (C=O) groups is 2. The van der Waals surface area contributed by atoms with E-state index in [9.17, 15) is 14.0 Å². The van der Waals surface area contributed by atoms with Crippen molar-refractivity contribution in [2.45, 2.75) is 72.1 Å². The molecule has 2 rings (SSSR count). The van der Waals surface area contributed by atoms with E-state index in [0.717, 1.165) is 0 Å². The van der Waals surface area contributed by atoms with Crippen molar-refractivity contribution in [3.8, 4) is 11.5 Å². The molecule has 0 radical (unpaired) electrons. The normalized spacial score (nSPS) is 13.1. The highest BCUT2D eigenvalue weighted by molar-refractivity contribution is 6.74. The van der Waals surface area contributed by atoms with Crippen LogP contribution in [0.4, 0.5) is 4.39 Å². The Labute approximate surface area is 255 Å². The number of ether oxygens (including phenoxy) is 3. The van der Waals surface area contributed by atoms with E-state index < -0.39 is 25.9 Å². The summed E-state index contributed by atoms with van der Waals surface area (Å²) in [6.45, 7) is 17.1. The molecule has 0 spiro atoms. The number of benzene rings is 2. The molecule has 0 aromatic heterocycles. The van der Waals surface area contributed by atoms with Gasteiger partial charge >= 0.3 is 5.97 Å². The Morgan fingerprint density at radius 1 is 1.07 bits per heavy atom. The molecular formula is C32H45ClFNO6Si. The molecule has 0 bridgehead atoms. The first-order valence-corrected chi connectivity index (χ1v) is 17.4. The van der Waals surface area contributed by atoms with Gasteiger partial charge in [-0.2, -0.15) is 0 Å². The molecule has 10 heteroatoms. The van der Waals surface area contributed by atoms with Gasteiger partial charge in [-0.05, 0) is 54.2 Å². The number of halogens is 2. The van der Waals surface area contributed by atoms with Crippen molar-refractivity contribution in [2.24, 2.45) is 5.92 Å². The monoisotopic (exact) mass is 621 g/mol. The zero-order valence-corrected chi connectivity index (χ0v) is 28.2. The molecular weight excluding hydrogens is 577 g/mol. The molecule has 0 saturated heterocycles. The average molecular weight is 622 g/mol. The summed E-state index contributed by atoms with van der Waals surface area (Å²) in [5, 5.41) is 3.27. The smallest absolute Gasteiger partial charge is 0.343 e. The molecule has 1 N–H and O–H groups in total. The van der Waals surface area contributed by atoms with Crippen molar-refractivity contribution >= 4 is 31.7 Å². The van der Waals surface area contributed by atoms with Crippen LogP contribution in [0.5, 0.6) is 11.5 Å². The molecule has 0 aliphatic carbocycles. The number of esters is 1. The van der Waals surface area contributed by atoms with E-state index in [0.29, 0.717) is 23.5 Å². The van der Waals surface area contributed by atoms with Crippen molar-refractivity contribution < 1.29 is 32.6 Å². The Hall–Kier alpha value is -2.88. The van der Waals surface area contributed by atoms with Gasteiger partial charge in [0.15, 0.2) is 8.32 Å². The van der Waals surface area contributed by atoms with E-state index in [2.05, 4.69) is 39.2 Å². The average Bonchev–Trinajstić information content (AvgIpc) is 2.91. The summed E-state index contributed by atoms with van der Waals surface area (Å²) in [7, 11) is 0.861. The van der Waals surface area contributed by atoms with Crippen molar-refractivity contribution in [1.82, 2.24) is 5.32 Å². The fourth-order valence-corrected chi connectivity index (χ4v) is 5.10. The second kappa shape index (κ2) is 15.0. The van der Waals surface area contributed by atoms with Crippen LogP contribution in [0.2, 0.25) is 23.2 Å². The lowest BCUT2D eigenvalue weighted by Gasteiger charge is -2.38. The molecule has 0 unspecified atom stereocenters. The molecule has 2 aromatic rings. The summed E-state index contributed by atoms with van der Waals surface area (Å²) in [4.78, 5) is 27.0. The standard InChI is InChI=1S/C32H45ClFNO6Si/c1-11-40-31(37)24(18-35-26(20(2)3)19-41-42(9,10)32(4,5)6)30(36)23-16-22(27(38-7)17-28(23)39-8)15-21-13-12-14-25(33)29(21)34/h12-14,16-18,20,26,35H,11,15,19H2,1-10H3/t26-/m1/s1. The van der Waals surface area contributed by atoms with E-state index in [1.54, 1.807) is 31.2 Å². The number of ketones is 1. The number of methoxy groups -OCH3 is 2. The summed E-state index contributed by atoms with van der Waals surface area (Å²) in [5.74, 6) is -1.21. The summed E-state index contributed by atoms with van der Waals surface area (Å²) in [6.07, 6.45) is 1.50. The van der Waals surface area contributed by atoms with Crippen LogP contribution in [0, 0.1) is 11.7 Å². The maximum Gasteiger partial charge on any atom is 0.343 e. The van der Waals surface area contributed by atoms with Gasteiger partial charge in [-0.25, -0.2) is 9.18 Å². The number of nitrogens with one attached hydrogen (secondary N) is 1. The fraction of sp³-hybridized carbons (Fsp3) is 0.500. The predicted octanol–water partition coefficient (Wildman–Crippen LogP) is 7.35. The Bertz CT molecular complexity index is 1290. The molecule has 0 amide bonds. The van der Waals surface area contributed by atoms with Gasteiger partial charge < -0.3 is 24.0 Å². The van der Waals surface area contributed by atoms with Gasteiger partial charge in [-0.3, -0.25) is 4.79 Å². The molecule has 0 aliphatic rings. The molecule has 2 aromatic carbocycles.